The summed E-state index contributed by atoms with van der Waals surface area (Å²) in [4.78, 5) is 14.6. The highest BCUT2D eigenvalue weighted by molar-refractivity contribution is 5.95. The zero-order valence-electron chi connectivity index (χ0n) is 18.9. The van der Waals surface area contributed by atoms with Crippen LogP contribution in [0.15, 0.2) is 72.8 Å². The fourth-order valence-corrected chi connectivity index (χ4v) is 4.19. The van der Waals surface area contributed by atoms with E-state index in [1.807, 2.05) is 54.6 Å². The number of ketones is 1. The molecule has 1 unspecified atom stereocenters. The van der Waals surface area contributed by atoms with Crippen LogP contribution < -0.4 is 9.64 Å². The molecule has 0 spiro atoms. The minimum Gasteiger partial charge on any atom is -0.497 e. The molecular weight excluding hydrogens is 410 g/mol. The fourth-order valence-electron chi connectivity index (χ4n) is 4.19. The van der Waals surface area contributed by atoms with Crippen LogP contribution >= 0.6 is 0 Å². The number of hydrogen-bond donors (Lipinski definition) is 1. The Morgan fingerprint density at radius 3 is 2.58 bits per heavy atom. The largest absolute Gasteiger partial charge is 0.497 e. The van der Waals surface area contributed by atoms with Gasteiger partial charge in [0, 0.05) is 35.4 Å². The summed E-state index contributed by atoms with van der Waals surface area (Å²) in [6, 6.07) is 24.2. The van der Waals surface area contributed by atoms with E-state index >= 15 is 0 Å². The van der Waals surface area contributed by atoms with Crippen molar-refractivity contribution >= 4 is 23.2 Å². The highest BCUT2D eigenvalue weighted by Gasteiger charge is 2.31. The second-order valence-corrected chi connectivity index (χ2v) is 8.00. The van der Waals surface area contributed by atoms with Gasteiger partial charge in [-0.05, 0) is 60.5 Å². The van der Waals surface area contributed by atoms with Crippen molar-refractivity contribution in [3.8, 4) is 17.6 Å². The van der Waals surface area contributed by atoms with Gasteiger partial charge in [0.05, 0.1) is 19.8 Å². The first-order valence-electron chi connectivity index (χ1n) is 11.0. The number of carbonyl (C=O) groups excluding carboxylic acids is 1. The zero-order valence-corrected chi connectivity index (χ0v) is 18.9. The molecule has 0 saturated carbocycles. The van der Waals surface area contributed by atoms with Crippen molar-refractivity contribution in [1.29, 1.82) is 0 Å². The Hall–Kier alpha value is -3.81. The predicted octanol–water partition coefficient (Wildman–Crippen LogP) is 5.47. The molecule has 1 heterocycles. The third kappa shape index (κ3) is 5.00. The van der Waals surface area contributed by atoms with E-state index in [2.05, 4.69) is 41.0 Å². The van der Waals surface area contributed by atoms with Gasteiger partial charge in [0.15, 0.2) is 0 Å². The smallest absolute Gasteiger partial charge is 0.132 e. The summed E-state index contributed by atoms with van der Waals surface area (Å²) in [7, 11) is 1.66. The van der Waals surface area contributed by atoms with Gasteiger partial charge < -0.3 is 14.7 Å². The van der Waals surface area contributed by atoms with Crippen molar-refractivity contribution in [2.75, 3.05) is 18.6 Å². The molecule has 1 aliphatic rings. The number of aliphatic hydroxyl groups is 1. The molecule has 3 aromatic carbocycles. The van der Waals surface area contributed by atoms with E-state index in [0.717, 1.165) is 39.4 Å². The maximum atomic E-state index is 12.3. The Kier molecular flexibility index (Phi) is 6.92. The molecule has 4 nitrogen and oxygen atoms in total. The third-order valence-corrected chi connectivity index (χ3v) is 5.68. The van der Waals surface area contributed by atoms with E-state index in [1.165, 1.54) is 0 Å². The standard InChI is InChI=1S/C29H27NO3/c1-21(32)18-29-27-12-4-3-9-23(27)20-28(24-10-7-11-26(19-24)33-2)30(29)25-15-13-22(14-16-25)8-5-6-17-31/h3-4,7,9-16,19-20,29,31H,6,17-18H2,1-2H3. The normalized spacial score (nSPS) is 14.6. The first-order chi connectivity index (χ1) is 16.1. The highest BCUT2D eigenvalue weighted by Crippen LogP contribution is 2.43. The molecule has 0 bridgehead atoms. The molecule has 0 aliphatic carbocycles. The maximum Gasteiger partial charge on any atom is 0.132 e. The topological polar surface area (TPSA) is 49.8 Å². The van der Waals surface area contributed by atoms with Gasteiger partial charge >= 0.3 is 0 Å². The summed E-state index contributed by atoms with van der Waals surface area (Å²) in [6.45, 7) is 1.70. The number of anilines is 1. The number of carbonyl (C=O) groups is 1. The van der Waals surface area contributed by atoms with Gasteiger partial charge in [-0.2, -0.15) is 0 Å². The summed E-state index contributed by atoms with van der Waals surface area (Å²) < 4.78 is 5.48. The van der Waals surface area contributed by atoms with Gasteiger partial charge in [-0.25, -0.2) is 0 Å². The van der Waals surface area contributed by atoms with Crippen LogP contribution in [-0.4, -0.2) is 24.6 Å². The van der Waals surface area contributed by atoms with Crippen molar-refractivity contribution in [3.05, 3.63) is 95.1 Å². The van der Waals surface area contributed by atoms with Gasteiger partial charge in [-0.1, -0.05) is 48.2 Å². The molecule has 3 aromatic rings. The van der Waals surface area contributed by atoms with Crippen LogP contribution in [0.4, 0.5) is 5.69 Å². The number of rotatable bonds is 6. The molecule has 0 aromatic heterocycles. The van der Waals surface area contributed by atoms with Crippen LogP contribution in [0.25, 0.3) is 11.8 Å². The molecule has 1 N–H and O–H groups in total. The minimum atomic E-state index is -0.128. The number of nitrogens with zero attached hydrogens (tertiary/aromatic N) is 1. The van der Waals surface area contributed by atoms with Crippen molar-refractivity contribution in [1.82, 2.24) is 0 Å². The SMILES string of the molecule is COc1cccc(C2=Cc3ccccc3C(CC(C)=O)N2c2ccc(C#CCCO)cc2)c1. The molecule has 33 heavy (non-hydrogen) atoms. The van der Waals surface area contributed by atoms with Crippen LogP contribution in [0, 0.1) is 11.8 Å². The molecule has 0 radical (unpaired) electrons. The third-order valence-electron chi connectivity index (χ3n) is 5.68. The summed E-state index contributed by atoms with van der Waals surface area (Å²) in [5.74, 6) is 6.96. The second kappa shape index (κ2) is 10.2. The van der Waals surface area contributed by atoms with Crippen LogP contribution in [0.2, 0.25) is 0 Å². The molecule has 1 aliphatic heterocycles. The molecule has 4 rings (SSSR count). The summed E-state index contributed by atoms with van der Waals surface area (Å²) in [5, 5.41) is 8.96. The lowest BCUT2D eigenvalue weighted by atomic mass is 9.88. The fraction of sp³-hybridized carbons (Fsp3) is 0.207. The number of aliphatic hydroxyl groups excluding tert-OH is 1. The monoisotopic (exact) mass is 437 g/mol. The van der Waals surface area contributed by atoms with Crippen molar-refractivity contribution < 1.29 is 14.6 Å². The molecule has 4 heteroatoms. The van der Waals surface area contributed by atoms with Gasteiger partial charge in [-0.3, -0.25) is 4.79 Å². The lowest BCUT2D eigenvalue weighted by Crippen LogP contribution is -2.31. The molecule has 166 valence electrons. The lowest BCUT2D eigenvalue weighted by molar-refractivity contribution is -0.117. The number of benzene rings is 3. The van der Waals surface area contributed by atoms with E-state index in [1.54, 1.807) is 14.0 Å². The van der Waals surface area contributed by atoms with Crippen LogP contribution in [0.5, 0.6) is 5.75 Å². The average molecular weight is 438 g/mol. The van der Waals surface area contributed by atoms with Crippen LogP contribution in [0.1, 0.15) is 48.1 Å². The first kappa shape index (κ1) is 22.4. The number of ether oxygens (including phenoxy) is 1. The van der Waals surface area contributed by atoms with Crippen molar-refractivity contribution in [2.24, 2.45) is 0 Å². The molecule has 1 atom stereocenters. The summed E-state index contributed by atoms with van der Waals surface area (Å²) >= 11 is 0. The van der Waals surface area contributed by atoms with Crippen molar-refractivity contribution in [3.63, 3.8) is 0 Å². The average Bonchev–Trinajstić information content (AvgIpc) is 2.84. The Bertz CT molecular complexity index is 1230. The van der Waals surface area contributed by atoms with E-state index in [4.69, 9.17) is 9.84 Å². The van der Waals surface area contributed by atoms with E-state index in [-0.39, 0.29) is 18.4 Å². The molecule has 0 amide bonds. The van der Waals surface area contributed by atoms with Gasteiger partial charge in [0.25, 0.3) is 0 Å². The van der Waals surface area contributed by atoms with Gasteiger partial charge in [0.2, 0.25) is 0 Å². The van der Waals surface area contributed by atoms with E-state index in [0.29, 0.717) is 12.8 Å². The number of fused-ring (bicyclic) bond motifs is 1. The minimum absolute atomic E-state index is 0.0552. The maximum absolute atomic E-state index is 12.3. The quantitative estimate of drug-likeness (QED) is 0.520. The number of methoxy groups -OCH3 is 1. The Morgan fingerprint density at radius 1 is 1.06 bits per heavy atom. The predicted molar refractivity (Wildman–Crippen MR) is 133 cm³/mol. The first-order valence-corrected chi connectivity index (χ1v) is 11.0. The number of Topliss-reactive ketones (excluding diaryl/α,β-unsaturated/α-hetero) is 1. The lowest BCUT2D eigenvalue weighted by Gasteiger charge is -2.39. The summed E-state index contributed by atoms with van der Waals surface area (Å²) in [5.41, 5.74) is 6.15. The molecular formula is C29H27NO3. The van der Waals surface area contributed by atoms with Gasteiger partial charge in [0.1, 0.15) is 11.5 Å². The number of hydrogen-bond acceptors (Lipinski definition) is 4. The van der Waals surface area contributed by atoms with Crippen LogP contribution in [-0.2, 0) is 4.79 Å². The van der Waals surface area contributed by atoms with Crippen LogP contribution in [0.3, 0.4) is 0 Å². The van der Waals surface area contributed by atoms with Crippen molar-refractivity contribution in [2.45, 2.75) is 25.8 Å². The zero-order chi connectivity index (χ0) is 23.2. The Labute approximate surface area is 195 Å². The molecule has 0 saturated heterocycles. The molecule has 0 fully saturated rings. The van der Waals surface area contributed by atoms with Gasteiger partial charge in [-0.15, -0.1) is 0 Å². The van der Waals surface area contributed by atoms with E-state index in [9.17, 15) is 4.79 Å². The summed E-state index contributed by atoms with van der Waals surface area (Å²) in [6.07, 6.45) is 3.03. The second-order valence-electron chi connectivity index (χ2n) is 8.00. The Balaban J connectivity index is 1.85. The highest BCUT2D eigenvalue weighted by atomic mass is 16.5. The Morgan fingerprint density at radius 2 is 1.85 bits per heavy atom. The van der Waals surface area contributed by atoms with E-state index < -0.39 is 0 Å².